The molecule has 0 aliphatic carbocycles. The first-order chi connectivity index (χ1) is 16.0. The van der Waals surface area contributed by atoms with Gasteiger partial charge in [0.25, 0.3) is 0 Å². The van der Waals surface area contributed by atoms with E-state index in [4.69, 9.17) is 10.5 Å². The Morgan fingerprint density at radius 1 is 0.848 bits per heavy atom. The molecule has 3 N–H and O–H groups in total. The number of hydrogen-bond donors (Lipinski definition) is 2. The molecule has 7 heteroatoms. The zero-order valence-corrected chi connectivity index (χ0v) is 17.6. The Hall–Kier alpha value is -4.10. The van der Waals surface area contributed by atoms with Crippen LogP contribution < -0.4 is 5.73 Å². The Morgan fingerprint density at radius 2 is 1.42 bits per heavy atom. The molecule has 2 aromatic carbocycles. The summed E-state index contributed by atoms with van der Waals surface area (Å²) in [6, 6.07) is 21.3. The maximum atomic E-state index is 13.9. The highest BCUT2D eigenvalue weighted by Gasteiger charge is 2.57. The minimum absolute atomic E-state index is 0.0305. The highest BCUT2D eigenvalue weighted by Crippen LogP contribution is 2.50. The van der Waals surface area contributed by atoms with Gasteiger partial charge in [0.05, 0.1) is 0 Å². The van der Waals surface area contributed by atoms with Gasteiger partial charge in [-0.3, -0.25) is 9.97 Å². The van der Waals surface area contributed by atoms with Gasteiger partial charge in [-0.15, -0.1) is 0 Å². The van der Waals surface area contributed by atoms with Crippen LogP contribution in [0.1, 0.15) is 22.3 Å². The molecule has 0 radical (unpaired) electrons. The number of aromatic nitrogens is 2. The first-order valence-corrected chi connectivity index (χ1v) is 10.3. The van der Waals surface area contributed by atoms with Gasteiger partial charge in [0.2, 0.25) is 0 Å². The number of carbonyl (C=O) groups excluding carboxylic acids is 1. The van der Waals surface area contributed by atoms with E-state index in [1.807, 2.05) is 30.3 Å². The van der Waals surface area contributed by atoms with E-state index in [1.165, 1.54) is 36.7 Å². The van der Waals surface area contributed by atoms with Crippen molar-refractivity contribution >= 4 is 6.09 Å². The number of primary amides is 1. The van der Waals surface area contributed by atoms with Crippen LogP contribution in [0.5, 0.6) is 0 Å². The molecule has 0 fully saturated rings. The molecule has 4 rings (SSSR count). The lowest BCUT2D eigenvalue weighted by Gasteiger charge is -2.47. The Morgan fingerprint density at radius 3 is 1.91 bits per heavy atom. The van der Waals surface area contributed by atoms with E-state index >= 15 is 0 Å². The molecule has 6 nitrogen and oxygen atoms in total. The average molecular weight is 443 g/mol. The van der Waals surface area contributed by atoms with Crippen molar-refractivity contribution < 1.29 is 19.0 Å². The van der Waals surface area contributed by atoms with Crippen molar-refractivity contribution in [3.63, 3.8) is 0 Å². The summed E-state index contributed by atoms with van der Waals surface area (Å²) >= 11 is 0. The number of nitrogens with two attached hydrogens (primary N) is 1. The standard InChI is InChI=1S/C26H22FN3O3/c27-23-12-10-20(11-13-23)25(33-24(28)31,16-19-6-2-1-3-7-19)26(32,21-8-4-14-29-17-21)22-9-5-15-30-18-22/h1-15,17-18,32H,16H2,(H2,28,31)/t25-/m1/s1. The highest BCUT2D eigenvalue weighted by atomic mass is 19.1. The van der Waals surface area contributed by atoms with E-state index in [0.717, 1.165) is 5.56 Å². The predicted molar refractivity (Wildman–Crippen MR) is 120 cm³/mol. The molecule has 166 valence electrons. The number of pyridine rings is 2. The SMILES string of the molecule is NC(=O)O[C@](Cc1ccccc1)(c1ccc(F)cc1)C(O)(c1cccnc1)c1cccnc1. The number of benzene rings is 2. The fourth-order valence-electron chi connectivity index (χ4n) is 4.17. The molecule has 2 heterocycles. The van der Waals surface area contributed by atoms with Crippen LogP contribution >= 0.6 is 0 Å². The van der Waals surface area contributed by atoms with Gasteiger partial charge >= 0.3 is 6.09 Å². The second kappa shape index (κ2) is 9.18. The normalized spacial score (nSPS) is 13.2. The van der Waals surface area contributed by atoms with Crippen LogP contribution in [0.3, 0.4) is 0 Å². The third kappa shape index (κ3) is 4.18. The largest absolute Gasteiger partial charge is 0.434 e. The Balaban J connectivity index is 2.09. The van der Waals surface area contributed by atoms with Gasteiger partial charge in [0.15, 0.2) is 11.2 Å². The van der Waals surface area contributed by atoms with Crippen molar-refractivity contribution in [1.82, 2.24) is 9.97 Å². The molecule has 1 amide bonds. The summed E-state index contributed by atoms with van der Waals surface area (Å²) in [7, 11) is 0. The monoisotopic (exact) mass is 443 g/mol. The lowest BCUT2D eigenvalue weighted by atomic mass is 9.67. The van der Waals surface area contributed by atoms with Gasteiger partial charge in [-0.2, -0.15) is 0 Å². The van der Waals surface area contributed by atoms with E-state index in [9.17, 15) is 14.3 Å². The number of carbonyl (C=O) groups is 1. The van der Waals surface area contributed by atoms with Crippen LogP contribution in [0.25, 0.3) is 0 Å². The fourth-order valence-corrected chi connectivity index (χ4v) is 4.17. The summed E-state index contributed by atoms with van der Waals surface area (Å²) in [5.74, 6) is -0.474. The highest BCUT2D eigenvalue weighted by molar-refractivity contribution is 5.66. The molecule has 0 aliphatic heterocycles. The third-order valence-electron chi connectivity index (χ3n) is 5.62. The Kier molecular flexibility index (Phi) is 6.15. The van der Waals surface area contributed by atoms with Crippen molar-refractivity contribution in [3.8, 4) is 0 Å². The molecule has 1 atom stereocenters. The zero-order valence-electron chi connectivity index (χ0n) is 17.6. The topological polar surface area (TPSA) is 98.3 Å². The van der Waals surface area contributed by atoms with Crippen molar-refractivity contribution in [1.29, 1.82) is 0 Å². The maximum absolute atomic E-state index is 13.9. The second-order valence-electron chi connectivity index (χ2n) is 7.61. The minimum atomic E-state index is -1.99. The molecule has 2 aromatic heterocycles. The van der Waals surface area contributed by atoms with E-state index in [-0.39, 0.29) is 6.42 Å². The molecular weight excluding hydrogens is 421 g/mol. The number of halogens is 1. The van der Waals surface area contributed by atoms with Crippen LogP contribution in [-0.2, 0) is 22.4 Å². The van der Waals surface area contributed by atoms with Gasteiger partial charge < -0.3 is 15.6 Å². The minimum Gasteiger partial charge on any atom is -0.434 e. The average Bonchev–Trinajstić information content (AvgIpc) is 2.85. The summed E-state index contributed by atoms with van der Waals surface area (Å²) in [6.07, 6.45) is 5.04. The van der Waals surface area contributed by atoms with Crippen LogP contribution in [-0.4, -0.2) is 21.2 Å². The van der Waals surface area contributed by atoms with E-state index in [2.05, 4.69) is 9.97 Å². The summed E-state index contributed by atoms with van der Waals surface area (Å²) in [5.41, 5.74) is 3.60. The number of hydrogen-bond acceptors (Lipinski definition) is 5. The molecule has 0 bridgehead atoms. The number of ether oxygens (including phenoxy) is 1. The first-order valence-electron chi connectivity index (χ1n) is 10.3. The lowest BCUT2D eigenvalue weighted by molar-refractivity contribution is -0.141. The quantitative estimate of drug-likeness (QED) is 0.448. The first kappa shape index (κ1) is 22.1. The molecule has 33 heavy (non-hydrogen) atoms. The zero-order chi connectivity index (χ0) is 23.3. The van der Waals surface area contributed by atoms with Crippen LogP contribution in [0, 0.1) is 5.82 Å². The molecule has 4 aromatic rings. The molecule has 0 unspecified atom stereocenters. The van der Waals surface area contributed by atoms with Gasteiger partial charge in [0, 0.05) is 42.3 Å². The van der Waals surface area contributed by atoms with Gasteiger partial charge in [-0.05, 0) is 35.4 Å². The maximum Gasteiger partial charge on any atom is 0.405 e. The van der Waals surface area contributed by atoms with Crippen LogP contribution in [0.15, 0.2) is 104 Å². The van der Waals surface area contributed by atoms with Gasteiger partial charge in [0.1, 0.15) is 5.82 Å². The Bertz CT molecular complexity index is 1170. The van der Waals surface area contributed by atoms with E-state index in [1.54, 1.807) is 36.7 Å². The van der Waals surface area contributed by atoms with Gasteiger partial charge in [-0.1, -0.05) is 54.6 Å². The molecular formula is C26H22FN3O3. The molecule has 0 saturated carbocycles. The number of aliphatic hydroxyl groups is 1. The fraction of sp³-hybridized carbons (Fsp3) is 0.115. The van der Waals surface area contributed by atoms with Crippen molar-refractivity contribution in [3.05, 3.63) is 132 Å². The van der Waals surface area contributed by atoms with Crippen LogP contribution in [0.2, 0.25) is 0 Å². The third-order valence-corrected chi connectivity index (χ3v) is 5.62. The smallest absolute Gasteiger partial charge is 0.405 e. The predicted octanol–water partition coefficient (Wildman–Crippen LogP) is 4.09. The summed E-state index contributed by atoms with van der Waals surface area (Å²) in [6.45, 7) is 0. The number of amides is 1. The summed E-state index contributed by atoms with van der Waals surface area (Å²) in [4.78, 5) is 20.7. The van der Waals surface area contributed by atoms with E-state index in [0.29, 0.717) is 16.7 Å². The van der Waals surface area contributed by atoms with Crippen molar-refractivity contribution in [2.24, 2.45) is 5.73 Å². The van der Waals surface area contributed by atoms with Gasteiger partial charge in [-0.25, -0.2) is 9.18 Å². The lowest BCUT2D eigenvalue weighted by Crippen LogP contribution is -2.55. The van der Waals surface area contributed by atoms with Crippen molar-refractivity contribution in [2.45, 2.75) is 17.6 Å². The number of rotatable bonds is 7. The molecule has 0 aliphatic rings. The summed E-state index contributed by atoms with van der Waals surface area (Å²) < 4.78 is 19.7. The molecule has 0 saturated heterocycles. The Labute approximate surface area is 190 Å². The summed E-state index contributed by atoms with van der Waals surface area (Å²) in [5, 5.41) is 12.6. The second-order valence-corrected chi connectivity index (χ2v) is 7.61. The number of nitrogens with zero attached hydrogens (tertiary/aromatic N) is 2. The van der Waals surface area contributed by atoms with Crippen molar-refractivity contribution in [2.75, 3.05) is 0 Å². The molecule has 0 spiro atoms. The van der Waals surface area contributed by atoms with Crippen LogP contribution in [0.4, 0.5) is 9.18 Å². The van der Waals surface area contributed by atoms with E-state index < -0.39 is 23.1 Å².